The highest BCUT2D eigenvalue weighted by Gasteiger charge is 1.98. The number of hydrogen-bond acceptors (Lipinski definition) is 2. The molecule has 0 saturated heterocycles. The van der Waals surface area contributed by atoms with Gasteiger partial charge in [-0.25, -0.2) is 9.37 Å². The van der Waals surface area contributed by atoms with Gasteiger partial charge in [0.25, 0.3) is 0 Å². The fourth-order valence-electron chi connectivity index (χ4n) is 0.599. The number of rotatable bonds is 1. The Kier molecular flexibility index (Phi) is 2.21. The lowest BCUT2D eigenvalue weighted by Gasteiger charge is -1.98. The SMILES string of the molecule is Nc1ncc(F)cc1CBr. The maximum atomic E-state index is 12.4. The second-order valence-corrected chi connectivity index (χ2v) is 2.39. The molecule has 1 aromatic heterocycles. The van der Waals surface area contributed by atoms with Gasteiger partial charge in [0.2, 0.25) is 0 Å². The first-order valence-electron chi connectivity index (χ1n) is 2.70. The van der Waals surface area contributed by atoms with Gasteiger partial charge in [0, 0.05) is 10.9 Å². The predicted molar refractivity (Wildman–Crippen MR) is 41.2 cm³/mol. The Morgan fingerprint density at radius 1 is 1.70 bits per heavy atom. The van der Waals surface area contributed by atoms with Crippen LogP contribution in [-0.2, 0) is 5.33 Å². The molecule has 1 aromatic rings. The number of pyridine rings is 1. The molecule has 0 bridgehead atoms. The number of hydrogen-bond donors (Lipinski definition) is 1. The second-order valence-electron chi connectivity index (χ2n) is 1.83. The normalized spacial score (nSPS) is 9.80. The van der Waals surface area contributed by atoms with Crippen LogP contribution in [0.4, 0.5) is 10.2 Å². The number of alkyl halides is 1. The van der Waals surface area contributed by atoms with Gasteiger partial charge in [-0.2, -0.15) is 0 Å². The molecule has 0 aromatic carbocycles. The second kappa shape index (κ2) is 2.96. The Morgan fingerprint density at radius 3 is 2.90 bits per heavy atom. The van der Waals surface area contributed by atoms with Crippen LogP contribution in [0.15, 0.2) is 12.3 Å². The van der Waals surface area contributed by atoms with Crippen LogP contribution in [0, 0.1) is 5.82 Å². The topological polar surface area (TPSA) is 38.9 Å². The van der Waals surface area contributed by atoms with Gasteiger partial charge < -0.3 is 5.73 Å². The molecule has 0 aliphatic carbocycles. The van der Waals surface area contributed by atoms with E-state index in [4.69, 9.17) is 5.73 Å². The van der Waals surface area contributed by atoms with E-state index < -0.39 is 0 Å². The molecule has 1 rings (SSSR count). The van der Waals surface area contributed by atoms with Gasteiger partial charge in [-0.15, -0.1) is 0 Å². The molecule has 0 unspecified atom stereocenters. The summed E-state index contributed by atoms with van der Waals surface area (Å²) in [7, 11) is 0. The summed E-state index contributed by atoms with van der Waals surface area (Å²) in [6, 6.07) is 1.36. The summed E-state index contributed by atoms with van der Waals surface area (Å²) < 4.78 is 12.4. The van der Waals surface area contributed by atoms with Crippen LogP contribution in [0.5, 0.6) is 0 Å². The lowest BCUT2D eigenvalue weighted by molar-refractivity contribution is 0.620. The lowest BCUT2D eigenvalue weighted by atomic mass is 10.3. The van der Waals surface area contributed by atoms with Crippen molar-refractivity contribution in [3.8, 4) is 0 Å². The Labute approximate surface area is 66.4 Å². The van der Waals surface area contributed by atoms with Crippen molar-refractivity contribution in [3.63, 3.8) is 0 Å². The van der Waals surface area contributed by atoms with Crippen molar-refractivity contribution in [1.82, 2.24) is 4.98 Å². The number of aromatic nitrogens is 1. The van der Waals surface area contributed by atoms with Crippen molar-refractivity contribution < 1.29 is 4.39 Å². The number of nitrogens with two attached hydrogens (primary N) is 1. The third-order valence-electron chi connectivity index (χ3n) is 1.11. The molecule has 4 heteroatoms. The molecule has 2 nitrogen and oxygen atoms in total. The largest absolute Gasteiger partial charge is 0.383 e. The van der Waals surface area contributed by atoms with Gasteiger partial charge in [-0.1, -0.05) is 15.9 Å². The van der Waals surface area contributed by atoms with Crippen LogP contribution in [0.2, 0.25) is 0 Å². The number of nitrogens with zero attached hydrogens (tertiary/aromatic N) is 1. The maximum absolute atomic E-state index is 12.4. The van der Waals surface area contributed by atoms with E-state index >= 15 is 0 Å². The molecular weight excluding hydrogens is 199 g/mol. The summed E-state index contributed by atoms with van der Waals surface area (Å²) >= 11 is 3.16. The van der Waals surface area contributed by atoms with E-state index in [1.54, 1.807) is 0 Å². The van der Waals surface area contributed by atoms with Crippen molar-refractivity contribution >= 4 is 21.7 Å². The molecule has 0 fully saturated rings. The van der Waals surface area contributed by atoms with Crippen LogP contribution in [0.3, 0.4) is 0 Å². The summed E-state index contributed by atoms with van der Waals surface area (Å²) in [4.78, 5) is 3.62. The highest BCUT2D eigenvalue weighted by molar-refractivity contribution is 9.08. The van der Waals surface area contributed by atoms with Gasteiger partial charge >= 0.3 is 0 Å². The van der Waals surface area contributed by atoms with Crippen molar-refractivity contribution in [2.75, 3.05) is 5.73 Å². The highest BCUT2D eigenvalue weighted by atomic mass is 79.9. The van der Waals surface area contributed by atoms with Gasteiger partial charge in [0.05, 0.1) is 6.20 Å². The van der Waals surface area contributed by atoms with Crippen molar-refractivity contribution in [2.24, 2.45) is 0 Å². The number of halogens is 2. The summed E-state index contributed by atoms with van der Waals surface area (Å²) in [5.74, 6) is 0.0157. The third-order valence-corrected chi connectivity index (χ3v) is 1.72. The van der Waals surface area contributed by atoms with Gasteiger partial charge in [-0.3, -0.25) is 0 Å². The van der Waals surface area contributed by atoms with Crippen LogP contribution >= 0.6 is 15.9 Å². The van der Waals surface area contributed by atoms with Crippen LogP contribution in [-0.4, -0.2) is 4.98 Å². The first-order valence-corrected chi connectivity index (χ1v) is 3.82. The van der Waals surface area contributed by atoms with E-state index in [9.17, 15) is 4.39 Å². The summed E-state index contributed by atoms with van der Waals surface area (Å²) in [6.07, 6.45) is 1.10. The van der Waals surface area contributed by atoms with Gasteiger partial charge in [0.15, 0.2) is 0 Å². The fourth-order valence-corrected chi connectivity index (χ4v) is 1.05. The lowest BCUT2D eigenvalue weighted by Crippen LogP contribution is -1.95. The van der Waals surface area contributed by atoms with E-state index in [-0.39, 0.29) is 5.82 Å². The third kappa shape index (κ3) is 1.44. The highest BCUT2D eigenvalue weighted by Crippen LogP contribution is 2.12. The first kappa shape index (κ1) is 7.47. The van der Waals surface area contributed by atoms with E-state index in [1.807, 2.05) is 0 Å². The average Bonchev–Trinajstić information content (AvgIpc) is 1.94. The Morgan fingerprint density at radius 2 is 2.40 bits per heavy atom. The molecule has 0 spiro atoms. The van der Waals surface area contributed by atoms with E-state index in [2.05, 4.69) is 20.9 Å². The van der Waals surface area contributed by atoms with Crippen molar-refractivity contribution in [3.05, 3.63) is 23.6 Å². The zero-order valence-electron chi connectivity index (χ0n) is 5.14. The molecule has 0 aliphatic heterocycles. The zero-order chi connectivity index (χ0) is 7.56. The summed E-state index contributed by atoms with van der Waals surface area (Å²) in [5, 5.41) is 0.531. The molecule has 1 heterocycles. The van der Waals surface area contributed by atoms with Crippen LogP contribution < -0.4 is 5.73 Å². The molecule has 0 radical (unpaired) electrons. The first-order chi connectivity index (χ1) is 4.74. The number of nitrogen functional groups attached to an aromatic ring is 1. The Hall–Kier alpha value is -0.640. The fraction of sp³-hybridized carbons (Fsp3) is 0.167. The van der Waals surface area contributed by atoms with E-state index in [1.165, 1.54) is 6.07 Å². The Bertz CT molecular complexity index is 239. The number of anilines is 1. The smallest absolute Gasteiger partial charge is 0.141 e. The minimum atomic E-state index is -0.358. The molecule has 0 aliphatic rings. The minimum absolute atomic E-state index is 0.358. The van der Waals surface area contributed by atoms with Crippen LogP contribution in [0.25, 0.3) is 0 Å². The summed E-state index contributed by atoms with van der Waals surface area (Å²) in [6.45, 7) is 0. The molecule has 54 valence electrons. The zero-order valence-corrected chi connectivity index (χ0v) is 6.73. The van der Waals surface area contributed by atoms with Gasteiger partial charge in [0.1, 0.15) is 11.6 Å². The monoisotopic (exact) mass is 204 g/mol. The van der Waals surface area contributed by atoms with Crippen molar-refractivity contribution in [1.29, 1.82) is 0 Å². The molecule has 10 heavy (non-hydrogen) atoms. The summed E-state index contributed by atoms with van der Waals surface area (Å²) in [5.41, 5.74) is 6.07. The van der Waals surface area contributed by atoms with E-state index in [0.29, 0.717) is 16.7 Å². The average molecular weight is 205 g/mol. The van der Waals surface area contributed by atoms with Crippen LogP contribution in [0.1, 0.15) is 5.56 Å². The molecule has 2 N–H and O–H groups in total. The molecule has 0 saturated carbocycles. The Balaban J connectivity index is 3.09. The molecule has 0 atom stereocenters. The maximum Gasteiger partial charge on any atom is 0.141 e. The quantitative estimate of drug-likeness (QED) is 0.708. The molecular formula is C6H6BrFN2. The molecule has 0 amide bonds. The van der Waals surface area contributed by atoms with E-state index in [0.717, 1.165) is 6.20 Å². The predicted octanol–water partition coefficient (Wildman–Crippen LogP) is 1.70. The standard InChI is InChI=1S/C6H6BrFN2/c7-2-4-1-5(8)3-10-6(4)9/h1,3H,2H2,(H2,9,10). The van der Waals surface area contributed by atoms with Crippen molar-refractivity contribution in [2.45, 2.75) is 5.33 Å². The van der Waals surface area contributed by atoms with Gasteiger partial charge in [-0.05, 0) is 6.07 Å². The minimum Gasteiger partial charge on any atom is -0.383 e.